The topological polar surface area (TPSA) is 79.6 Å². The molecule has 9 heteroatoms. The number of hydrogen-bond acceptors (Lipinski definition) is 6. The Hall–Kier alpha value is -3.04. The van der Waals surface area contributed by atoms with E-state index in [1.54, 1.807) is 11.3 Å². The van der Waals surface area contributed by atoms with Crippen molar-refractivity contribution >= 4 is 39.4 Å². The molecule has 5 rings (SSSR count). The molecule has 2 amide bonds. The van der Waals surface area contributed by atoms with Gasteiger partial charge in [0, 0.05) is 30.7 Å². The maximum atomic E-state index is 13.6. The standard InChI is InChI=1S/C25H27N5O2S2/c1-14-7-8-18(12-15(14)2)22-20(27-17(4)34-22)24(32)29-9-5-6-19(13-29)28-23(31)21-16(3)26-25-30(21)10-11-33-25/h7-8,10-12,19H,5-6,9,13H2,1-4H3,(H,28,31)/t19-/m1/s1. The Morgan fingerprint density at radius 2 is 1.94 bits per heavy atom. The van der Waals surface area contributed by atoms with Gasteiger partial charge in [0.1, 0.15) is 11.4 Å². The van der Waals surface area contributed by atoms with Gasteiger partial charge in [-0.1, -0.05) is 18.2 Å². The Morgan fingerprint density at radius 1 is 1.12 bits per heavy atom. The first-order valence-corrected chi connectivity index (χ1v) is 13.1. The van der Waals surface area contributed by atoms with Crippen molar-refractivity contribution in [3.05, 3.63) is 63.0 Å². The van der Waals surface area contributed by atoms with Crippen LogP contribution < -0.4 is 5.32 Å². The molecule has 1 N–H and O–H groups in total. The van der Waals surface area contributed by atoms with Crippen LogP contribution in [-0.2, 0) is 0 Å². The zero-order valence-electron chi connectivity index (χ0n) is 19.7. The summed E-state index contributed by atoms with van der Waals surface area (Å²) >= 11 is 3.05. The SMILES string of the molecule is Cc1nc(C(=O)N2CCC[C@@H](NC(=O)c3c(C)nc4sccn34)C2)c(-c2ccc(C)c(C)c2)s1. The summed E-state index contributed by atoms with van der Waals surface area (Å²) in [5.74, 6) is -0.222. The number of piperidine rings is 1. The molecule has 4 aromatic rings. The fourth-order valence-corrected chi connectivity index (χ4v) is 6.17. The molecule has 0 aliphatic carbocycles. The van der Waals surface area contributed by atoms with Crippen LogP contribution in [0.15, 0.2) is 29.8 Å². The average Bonchev–Trinajstić information content (AvgIpc) is 3.49. The van der Waals surface area contributed by atoms with Gasteiger partial charge in [0.15, 0.2) is 4.96 Å². The normalized spacial score (nSPS) is 16.2. The van der Waals surface area contributed by atoms with Crippen LogP contribution in [0.1, 0.15) is 55.6 Å². The third-order valence-corrected chi connectivity index (χ3v) is 8.18. The van der Waals surface area contributed by atoms with E-state index < -0.39 is 0 Å². The summed E-state index contributed by atoms with van der Waals surface area (Å²) in [7, 11) is 0. The van der Waals surface area contributed by atoms with Crippen LogP contribution in [0, 0.1) is 27.7 Å². The molecule has 0 unspecified atom stereocenters. The Bertz CT molecular complexity index is 1400. The minimum absolute atomic E-state index is 0.0720. The summed E-state index contributed by atoms with van der Waals surface area (Å²) in [4.78, 5) is 39.3. The zero-order chi connectivity index (χ0) is 24.0. The fraction of sp³-hybridized carbons (Fsp3) is 0.360. The molecule has 1 saturated heterocycles. The van der Waals surface area contributed by atoms with Crippen molar-refractivity contribution in [2.75, 3.05) is 13.1 Å². The predicted molar refractivity (Wildman–Crippen MR) is 136 cm³/mol. The lowest BCUT2D eigenvalue weighted by Gasteiger charge is -2.33. The number of imidazole rings is 1. The molecule has 1 aliphatic heterocycles. The van der Waals surface area contributed by atoms with Crippen LogP contribution in [0.3, 0.4) is 0 Å². The van der Waals surface area contributed by atoms with Gasteiger partial charge in [-0.2, -0.15) is 0 Å². The van der Waals surface area contributed by atoms with Crippen molar-refractivity contribution < 1.29 is 9.59 Å². The first-order chi connectivity index (χ1) is 16.3. The van der Waals surface area contributed by atoms with Crippen LogP contribution in [0.2, 0.25) is 0 Å². The summed E-state index contributed by atoms with van der Waals surface area (Å²) in [6.45, 7) is 9.08. The van der Waals surface area contributed by atoms with Crippen molar-refractivity contribution in [2.45, 2.75) is 46.6 Å². The third kappa shape index (κ3) is 4.14. The number of aromatic nitrogens is 3. The quantitative estimate of drug-likeness (QED) is 0.443. The third-order valence-electron chi connectivity index (χ3n) is 6.40. The van der Waals surface area contributed by atoms with Gasteiger partial charge in [0.2, 0.25) is 0 Å². The van der Waals surface area contributed by atoms with Crippen molar-refractivity contribution in [1.29, 1.82) is 0 Å². The van der Waals surface area contributed by atoms with E-state index in [4.69, 9.17) is 0 Å². The first-order valence-electron chi connectivity index (χ1n) is 11.4. The molecule has 1 atom stereocenters. The number of rotatable bonds is 4. The van der Waals surface area contributed by atoms with E-state index >= 15 is 0 Å². The monoisotopic (exact) mass is 493 g/mol. The Morgan fingerprint density at radius 3 is 2.74 bits per heavy atom. The second-order valence-electron chi connectivity index (χ2n) is 8.87. The number of aryl methyl sites for hydroxylation is 4. The van der Waals surface area contributed by atoms with Gasteiger partial charge in [0.25, 0.3) is 11.8 Å². The molecule has 1 aliphatic rings. The van der Waals surface area contributed by atoms with E-state index in [0.29, 0.717) is 30.2 Å². The molecule has 176 valence electrons. The smallest absolute Gasteiger partial charge is 0.274 e. The second-order valence-corrected chi connectivity index (χ2v) is 11.0. The van der Waals surface area contributed by atoms with Crippen molar-refractivity contribution in [2.24, 2.45) is 0 Å². The van der Waals surface area contributed by atoms with E-state index in [-0.39, 0.29) is 17.9 Å². The zero-order valence-corrected chi connectivity index (χ0v) is 21.3. The van der Waals surface area contributed by atoms with Crippen LogP contribution in [0.25, 0.3) is 15.4 Å². The lowest BCUT2D eigenvalue weighted by Crippen LogP contribution is -2.50. The van der Waals surface area contributed by atoms with E-state index in [1.807, 2.05) is 34.7 Å². The maximum Gasteiger partial charge on any atom is 0.274 e. The molecular weight excluding hydrogens is 466 g/mol. The highest BCUT2D eigenvalue weighted by atomic mass is 32.1. The lowest BCUT2D eigenvalue weighted by atomic mass is 10.0. The van der Waals surface area contributed by atoms with Gasteiger partial charge in [-0.3, -0.25) is 14.0 Å². The minimum atomic E-state index is -0.150. The fourth-order valence-electron chi connectivity index (χ4n) is 4.50. The summed E-state index contributed by atoms with van der Waals surface area (Å²) < 4.78 is 1.83. The van der Waals surface area contributed by atoms with E-state index in [2.05, 4.69) is 47.3 Å². The number of hydrogen-bond donors (Lipinski definition) is 1. The van der Waals surface area contributed by atoms with E-state index in [9.17, 15) is 9.59 Å². The average molecular weight is 494 g/mol. The van der Waals surface area contributed by atoms with Crippen molar-refractivity contribution in [3.8, 4) is 10.4 Å². The molecule has 0 bridgehead atoms. The molecule has 0 radical (unpaired) electrons. The highest BCUT2D eigenvalue weighted by Crippen LogP contribution is 2.32. The Kier molecular flexibility index (Phi) is 5.99. The summed E-state index contributed by atoms with van der Waals surface area (Å²) in [5.41, 5.74) is 5.22. The van der Waals surface area contributed by atoms with Crippen LogP contribution in [0.5, 0.6) is 0 Å². The van der Waals surface area contributed by atoms with Crippen molar-refractivity contribution in [1.82, 2.24) is 24.6 Å². The number of carbonyl (C=O) groups is 2. The Balaban J connectivity index is 1.35. The van der Waals surface area contributed by atoms with Gasteiger partial charge in [-0.15, -0.1) is 22.7 Å². The van der Waals surface area contributed by atoms with Crippen molar-refractivity contribution in [3.63, 3.8) is 0 Å². The molecule has 0 spiro atoms. The lowest BCUT2D eigenvalue weighted by molar-refractivity contribution is 0.0671. The highest BCUT2D eigenvalue weighted by molar-refractivity contribution is 7.15. The molecule has 3 aromatic heterocycles. The van der Waals surface area contributed by atoms with Gasteiger partial charge in [-0.05, 0) is 57.2 Å². The first kappa shape index (κ1) is 22.7. The van der Waals surface area contributed by atoms with Gasteiger partial charge >= 0.3 is 0 Å². The summed E-state index contributed by atoms with van der Waals surface area (Å²) in [6.07, 6.45) is 3.53. The molecule has 0 saturated carbocycles. The molecule has 1 aromatic carbocycles. The van der Waals surface area contributed by atoms with Gasteiger partial charge in [0.05, 0.1) is 15.6 Å². The second kappa shape index (κ2) is 8.96. The van der Waals surface area contributed by atoms with Gasteiger partial charge in [-0.25, -0.2) is 9.97 Å². The highest BCUT2D eigenvalue weighted by Gasteiger charge is 2.30. The number of nitrogens with one attached hydrogen (secondary N) is 1. The van der Waals surface area contributed by atoms with E-state index in [0.717, 1.165) is 33.3 Å². The molecule has 1 fully saturated rings. The summed E-state index contributed by atoms with van der Waals surface area (Å²) in [6, 6.07) is 6.16. The minimum Gasteiger partial charge on any atom is -0.346 e. The number of carbonyl (C=O) groups excluding carboxylic acids is 2. The number of fused-ring (bicyclic) bond motifs is 1. The van der Waals surface area contributed by atoms with Crippen LogP contribution in [0.4, 0.5) is 0 Å². The van der Waals surface area contributed by atoms with Crippen LogP contribution >= 0.6 is 22.7 Å². The number of amides is 2. The number of likely N-dealkylation sites (tertiary alicyclic amines) is 1. The largest absolute Gasteiger partial charge is 0.346 e. The summed E-state index contributed by atoms with van der Waals surface area (Å²) in [5, 5.41) is 5.93. The van der Waals surface area contributed by atoms with Crippen LogP contribution in [-0.4, -0.2) is 50.2 Å². The maximum absolute atomic E-state index is 13.6. The Labute approximate surface area is 206 Å². The number of thiazole rings is 2. The molecule has 34 heavy (non-hydrogen) atoms. The number of benzene rings is 1. The molecule has 4 heterocycles. The molecular formula is C25H27N5O2S2. The molecule has 7 nitrogen and oxygen atoms in total. The number of nitrogens with zero attached hydrogens (tertiary/aromatic N) is 4. The predicted octanol–water partition coefficient (Wildman–Crippen LogP) is 4.79. The van der Waals surface area contributed by atoms with E-state index in [1.165, 1.54) is 22.5 Å². The van der Waals surface area contributed by atoms with Gasteiger partial charge < -0.3 is 10.2 Å².